The monoisotopic (exact) mass is 2030 g/mol. The lowest BCUT2D eigenvalue weighted by Gasteiger charge is -2.37. The number of halogens is 7. The van der Waals surface area contributed by atoms with E-state index in [-0.39, 0.29) is 102 Å². The number of benzene rings is 9. The molecule has 1 N–H and O–H groups in total. The molecule has 0 spiro atoms. The van der Waals surface area contributed by atoms with E-state index in [1.165, 1.54) is 112 Å². The standard InChI is InChI=1S/C35H37Cl2FN8O4.C23H28FN5O.C22H26FN5O2.C20H19Cl2N3O5S/c1-3-24(2)46-34(47)45(23-41-46)27-7-11-33(32(38)17-27)43-14-12-42(13-15-43)26-5-8-28(9-6-26)48-18-29-19-49-35(50-29,20-44-22-39-21-40-44)30-10-4-25(36)16-31(30)37;1-4-18(3)29-23(30)28(16-25-29)20-9-10-22(21(24)15-20)27-13-11-26(12-14-27)19-7-5-17(2)6-8-19;1-3-16(2)28-22(30)27(15-24-28)18-6-9-21(20(23)14-18)26-12-10-25(11-13-26)17-4-7-19(29)8-5-17;1-14-2-5-17(6-3-14)31(26,27)29-10-16-9-28-20(30-16,11-25-13-23-12-24-25)18-7-4-15(21)8-19(18)22/h4-11,16-17,21-24,29H,3,12-15,18-20H2,1-2H3;5-10,15-16,18H,4,11-14H2,1-3H3;4-9,14-16,29H,3,10-13H2,1-2H3;2-8,12-13,16H,9-11H2,1H3. The molecule has 141 heavy (non-hydrogen) atoms. The van der Waals surface area contributed by atoms with Crippen molar-refractivity contribution in [1.29, 1.82) is 0 Å². The summed E-state index contributed by atoms with van der Waals surface area (Å²) in [4.78, 5) is 58.9. The van der Waals surface area contributed by atoms with Gasteiger partial charge in [-0.2, -0.15) is 33.9 Å². The summed E-state index contributed by atoms with van der Waals surface area (Å²) >= 11 is 25.2. The van der Waals surface area contributed by atoms with Crippen molar-refractivity contribution in [2.24, 2.45) is 0 Å². The number of aromatic nitrogens is 15. The summed E-state index contributed by atoms with van der Waals surface area (Å²) in [6.45, 7) is 25.4. The first kappa shape index (κ1) is 101. The number of piperazine rings is 3. The minimum atomic E-state index is -3.94. The van der Waals surface area contributed by atoms with Gasteiger partial charge >= 0.3 is 17.1 Å². The van der Waals surface area contributed by atoms with Crippen LogP contribution in [0.25, 0.3) is 17.1 Å². The van der Waals surface area contributed by atoms with Gasteiger partial charge in [-0.3, -0.25) is 4.18 Å². The number of aryl methyl sites for hydroxylation is 2. The van der Waals surface area contributed by atoms with Crippen LogP contribution in [-0.4, -0.2) is 203 Å². The van der Waals surface area contributed by atoms with Crippen LogP contribution in [0.3, 0.4) is 0 Å². The van der Waals surface area contributed by atoms with Crippen molar-refractivity contribution in [3.63, 3.8) is 0 Å². The first-order valence-electron chi connectivity index (χ1n) is 46.6. The van der Waals surface area contributed by atoms with E-state index in [1.807, 2.05) is 94.7 Å². The highest BCUT2D eigenvalue weighted by Gasteiger charge is 2.48. The van der Waals surface area contributed by atoms with Gasteiger partial charge in [0, 0.05) is 135 Å². The van der Waals surface area contributed by atoms with Gasteiger partial charge in [0.05, 0.1) is 87.0 Å². The smallest absolute Gasteiger partial charge is 0.350 e. The molecule has 33 nitrogen and oxygen atoms in total. The highest BCUT2D eigenvalue weighted by Crippen LogP contribution is 2.44. The second-order valence-corrected chi connectivity index (χ2v) is 38.3. The van der Waals surface area contributed by atoms with Gasteiger partial charge in [-0.05, 0) is 187 Å². The van der Waals surface area contributed by atoms with Gasteiger partial charge in [0.1, 0.15) is 105 Å². The Morgan fingerprint density at radius 1 is 0.418 bits per heavy atom. The molecule has 7 unspecified atom stereocenters. The van der Waals surface area contributed by atoms with E-state index < -0.39 is 27.8 Å². The zero-order valence-corrected chi connectivity index (χ0v) is 82.9. The Balaban J connectivity index is 0.000000139. The maximum atomic E-state index is 15.3. The van der Waals surface area contributed by atoms with Crippen molar-refractivity contribution in [2.45, 2.75) is 135 Å². The summed E-state index contributed by atoms with van der Waals surface area (Å²) in [6, 6.07) is 54.8. The molecule has 5 aliphatic rings. The van der Waals surface area contributed by atoms with E-state index in [9.17, 15) is 36.7 Å². The first-order chi connectivity index (χ1) is 67.9. The number of phenolic OH excluding ortho intramolecular Hbond substituents is 1. The van der Waals surface area contributed by atoms with Crippen LogP contribution in [0, 0.1) is 31.3 Å². The number of phenols is 1. The van der Waals surface area contributed by atoms with Crippen LogP contribution in [0.15, 0.2) is 252 Å². The number of rotatable bonds is 28. The van der Waals surface area contributed by atoms with Crippen molar-refractivity contribution in [3.05, 3.63) is 324 Å². The van der Waals surface area contributed by atoms with Crippen LogP contribution in [0.4, 0.5) is 47.3 Å². The topological polar surface area (TPSA) is 310 Å². The molecule has 10 heterocycles. The van der Waals surface area contributed by atoms with Crippen molar-refractivity contribution >= 4 is 90.6 Å². The lowest BCUT2D eigenvalue weighted by atomic mass is 10.1. The largest absolute Gasteiger partial charge is 0.508 e. The Morgan fingerprint density at radius 2 is 0.752 bits per heavy atom. The minimum Gasteiger partial charge on any atom is -0.508 e. The molecule has 7 atom stereocenters. The third-order valence-electron chi connectivity index (χ3n) is 25.6. The molecular formula is C100H110Cl4F3N21O12S. The van der Waals surface area contributed by atoms with Crippen molar-refractivity contribution in [2.75, 3.05) is 134 Å². The fourth-order valence-electron chi connectivity index (χ4n) is 17.1. The van der Waals surface area contributed by atoms with Gasteiger partial charge in [-0.25, -0.2) is 74.6 Å². The van der Waals surface area contributed by atoms with E-state index in [0.717, 1.165) is 88.6 Å². The van der Waals surface area contributed by atoms with Gasteiger partial charge in [-0.15, -0.1) is 0 Å². The van der Waals surface area contributed by atoms with Crippen molar-refractivity contribution < 1.29 is 54.6 Å². The van der Waals surface area contributed by atoms with E-state index in [2.05, 4.69) is 86.3 Å². The molecule has 0 amide bonds. The number of anilines is 6. The molecule has 5 fully saturated rings. The zero-order chi connectivity index (χ0) is 99.4. The molecule has 0 bridgehead atoms. The Bertz CT molecular complexity index is 6710. The molecular weight excluding hydrogens is 1920 g/mol. The number of ether oxygens (including phenoxy) is 5. The van der Waals surface area contributed by atoms with Gasteiger partial charge in [-0.1, -0.05) is 115 Å². The Hall–Kier alpha value is -12.8. The van der Waals surface area contributed by atoms with Crippen molar-refractivity contribution in [1.82, 2.24) is 72.6 Å². The van der Waals surface area contributed by atoms with E-state index >= 15 is 4.39 Å². The lowest BCUT2D eigenvalue weighted by Crippen LogP contribution is -2.46. The molecule has 0 radical (unpaired) electrons. The SMILES string of the molecule is CCC(C)n1ncn(-c2ccc(N3CCN(c4ccc(C)cc4)CC3)c(F)c2)c1=O.CCC(C)n1ncn(-c2ccc(N3CCN(c4ccc(O)cc4)CC3)c(F)c2)c1=O.CCC(C)n1ncn(-c2ccc(N3CCN(c4ccc(OCC5COC(Cn6cncn6)(c6ccc(Cl)cc6Cl)O5)cc4)CC3)c(F)c2)c1=O.Cc1ccc(S(=O)(=O)OCC2COC(Cn3cncn3)(c3ccc(Cl)cc3Cl)O2)cc1. The number of nitrogens with zero attached hydrogens (tertiary/aromatic N) is 21. The van der Waals surface area contributed by atoms with Crippen LogP contribution in [-0.2, 0) is 57.9 Å². The average Bonchev–Trinajstić information content (AvgIpc) is 1.63. The van der Waals surface area contributed by atoms with Crippen LogP contribution in [0.1, 0.15) is 101 Å². The molecule has 5 aromatic heterocycles. The molecule has 0 saturated carbocycles. The van der Waals surface area contributed by atoms with Crippen LogP contribution >= 0.6 is 46.4 Å². The first-order valence-corrected chi connectivity index (χ1v) is 49.5. The summed E-state index contributed by atoms with van der Waals surface area (Å²) in [5.74, 6) is -2.59. The third kappa shape index (κ3) is 23.7. The fourth-order valence-corrected chi connectivity index (χ4v) is 19.1. The second-order valence-electron chi connectivity index (χ2n) is 35.0. The molecule has 14 aromatic rings. The summed E-state index contributed by atoms with van der Waals surface area (Å²) in [6.07, 6.45) is 11.7. The molecule has 5 saturated heterocycles. The molecule has 0 aliphatic carbocycles. The number of aromatic hydroxyl groups is 1. The molecule has 19 rings (SSSR count). The quantitative estimate of drug-likeness (QED) is 0.0445. The predicted octanol–water partition coefficient (Wildman–Crippen LogP) is 16.2. The van der Waals surface area contributed by atoms with E-state index in [1.54, 1.807) is 108 Å². The van der Waals surface area contributed by atoms with E-state index in [4.69, 9.17) is 74.3 Å². The summed E-state index contributed by atoms with van der Waals surface area (Å²) in [5.41, 5.74) is 8.93. The summed E-state index contributed by atoms with van der Waals surface area (Å²) in [7, 11) is -3.94. The van der Waals surface area contributed by atoms with Crippen molar-refractivity contribution in [3.8, 4) is 28.6 Å². The lowest BCUT2D eigenvalue weighted by molar-refractivity contribution is -0.191. The summed E-state index contributed by atoms with van der Waals surface area (Å²) < 4.78 is 118. The zero-order valence-electron chi connectivity index (χ0n) is 79.1. The van der Waals surface area contributed by atoms with Gasteiger partial charge in [0.25, 0.3) is 10.1 Å². The fraction of sp³-hybridized carbons (Fsp3) is 0.360. The van der Waals surface area contributed by atoms with E-state index in [0.29, 0.717) is 104 Å². The highest BCUT2D eigenvalue weighted by atomic mass is 35.5. The van der Waals surface area contributed by atoms with Gasteiger partial charge in [0.15, 0.2) is 0 Å². The number of hydrogen-bond donors (Lipinski definition) is 1. The molecule has 9 aromatic carbocycles. The Morgan fingerprint density at radius 3 is 1.09 bits per heavy atom. The maximum Gasteiger partial charge on any atom is 0.350 e. The predicted molar refractivity (Wildman–Crippen MR) is 535 cm³/mol. The highest BCUT2D eigenvalue weighted by molar-refractivity contribution is 7.86. The maximum absolute atomic E-state index is 15.3. The minimum absolute atomic E-state index is 0.00672. The van der Waals surface area contributed by atoms with Crippen LogP contribution < -0.4 is 51.2 Å². The second kappa shape index (κ2) is 45.0. The Labute approximate surface area is 833 Å². The third-order valence-corrected chi connectivity index (χ3v) is 28.0. The van der Waals surface area contributed by atoms with Crippen LogP contribution in [0.5, 0.6) is 11.5 Å². The van der Waals surface area contributed by atoms with Gasteiger partial charge < -0.3 is 58.2 Å². The van der Waals surface area contributed by atoms with Crippen LogP contribution in [0.2, 0.25) is 20.1 Å². The number of hydrogen-bond acceptors (Lipinski definition) is 25. The molecule has 41 heteroatoms. The Kier molecular flexibility index (Phi) is 32.3. The molecule has 742 valence electrons. The molecule has 5 aliphatic heterocycles. The normalized spacial score (nSPS) is 18.4. The summed E-state index contributed by atoms with van der Waals surface area (Å²) in [5, 5.41) is 32.1. The van der Waals surface area contributed by atoms with Gasteiger partial charge in [0.2, 0.25) is 11.6 Å². The average molecular weight is 2030 g/mol.